The van der Waals surface area contributed by atoms with Crippen molar-refractivity contribution in [3.8, 4) is 0 Å². The number of hydrogen-bond acceptors (Lipinski definition) is 7. The maximum atomic E-state index is 13.9. The standard InChI is InChI=1S/C30H23NO7/c1-3-37-29(36)18-12-10-17(11-13-18)24-22-23(28(35)31(27(22)34)19-14-8-16(2)9-15-19)30(38-24)25(32)20-6-4-5-7-21(20)26(30)33/h4-15,22-24H,3H2,1-2H3/t22-,23+,24-/m0/s1. The Kier molecular flexibility index (Phi) is 5.39. The highest BCUT2D eigenvalue weighted by Crippen LogP contribution is 2.57. The van der Waals surface area contributed by atoms with Gasteiger partial charge in [0.15, 0.2) is 0 Å². The van der Waals surface area contributed by atoms with Crippen LogP contribution in [0.5, 0.6) is 0 Å². The molecule has 1 spiro atoms. The summed E-state index contributed by atoms with van der Waals surface area (Å²) >= 11 is 0. The zero-order valence-electron chi connectivity index (χ0n) is 20.7. The highest BCUT2D eigenvalue weighted by atomic mass is 16.5. The minimum atomic E-state index is -2.15. The highest BCUT2D eigenvalue weighted by Gasteiger charge is 2.74. The van der Waals surface area contributed by atoms with E-state index in [-0.39, 0.29) is 17.7 Å². The van der Waals surface area contributed by atoms with Crippen molar-refractivity contribution in [2.75, 3.05) is 11.5 Å². The molecule has 0 bridgehead atoms. The summed E-state index contributed by atoms with van der Waals surface area (Å²) in [7, 11) is 0. The number of fused-ring (bicyclic) bond motifs is 3. The van der Waals surface area contributed by atoms with Gasteiger partial charge in [0.2, 0.25) is 29.0 Å². The van der Waals surface area contributed by atoms with Crippen LogP contribution in [0.3, 0.4) is 0 Å². The lowest BCUT2D eigenvalue weighted by molar-refractivity contribution is -0.127. The minimum absolute atomic E-state index is 0.170. The van der Waals surface area contributed by atoms with Crippen molar-refractivity contribution in [2.24, 2.45) is 11.8 Å². The van der Waals surface area contributed by atoms with Crippen molar-refractivity contribution < 1.29 is 33.4 Å². The number of hydrogen-bond donors (Lipinski definition) is 0. The third kappa shape index (κ3) is 3.16. The maximum absolute atomic E-state index is 13.9. The Morgan fingerprint density at radius 1 is 0.868 bits per heavy atom. The lowest BCUT2D eigenvalue weighted by Gasteiger charge is -2.27. The van der Waals surface area contributed by atoms with Gasteiger partial charge in [0.25, 0.3) is 0 Å². The van der Waals surface area contributed by atoms with E-state index in [0.717, 1.165) is 10.5 Å². The van der Waals surface area contributed by atoms with Gasteiger partial charge in [-0.1, -0.05) is 54.1 Å². The highest BCUT2D eigenvalue weighted by molar-refractivity contribution is 6.37. The van der Waals surface area contributed by atoms with E-state index in [1.54, 1.807) is 55.5 Å². The Bertz CT molecular complexity index is 1490. The molecule has 2 amide bonds. The Morgan fingerprint density at radius 2 is 1.47 bits per heavy atom. The van der Waals surface area contributed by atoms with Crippen molar-refractivity contribution in [1.29, 1.82) is 0 Å². The van der Waals surface area contributed by atoms with Gasteiger partial charge < -0.3 is 9.47 Å². The molecule has 190 valence electrons. The van der Waals surface area contributed by atoms with Gasteiger partial charge in [-0.05, 0) is 43.7 Å². The monoisotopic (exact) mass is 509 g/mol. The molecule has 8 heteroatoms. The van der Waals surface area contributed by atoms with Gasteiger partial charge >= 0.3 is 5.97 Å². The number of ether oxygens (including phenoxy) is 2. The number of ketones is 2. The van der Waals surface area contributed by atoms with E-state index in [0.29, 0.717) is 16.8 Å². The number of benzene rings is 3. The summed E-state index contributed by atoms with van der Waals surface area (Å²) in [5, 5.41) is 0. The zero-order chi connectivity index (χ0) is 26.8. The van der Waals surface area contributed by atoms with Gasteiger partial charge in [0, 0.05) is 11.1 Å². The Hall–Kier alpha value is -4.43. The van der Waals surface area contributed by atoms with Crippen LogP contribution >= 0.6 is 0 Å². The van der Waals surface area contributed by atoms with Crippen LogP contribution in [0, 0.1) is 18.8 Å². The molecule has 0 aromatic heterocycles. The van der Waals surface area contributed by atoms with Crippen LogP contribution in [0.4, 0.5) is 5.69 Å². The second kappa shape index (κ2) is 8.56. The number of amides is 2. The normalized spacial score (nSPS) is 23.2. The first-order valence-electron chi connectivity index (χ1n) is 12.4. The van der Waals surface area contributed by atoms with Crippen LogP contribution in [0.2, 0.25) is 0 Å². The lowest BCUT2D eigenvalue weighted by atomic mass is 9.77. The number of carbonyl (C=O) groups excluding carboxylic acids is 5. The molecule has 3 aromatic carbocycles. The van der Waals surface area contributed by atoms with Gasteiger partial charge in [0.05, 0.1) is 35.8 Å². The number of anilines is 1. The molecule has 6 rings (SSSR count). The third-order valence-corrected chi connectivity index (χ3v) is 7.56. The van der Waals surface area contributed by atoms with Gasteiger partial charge in [-0.25, -0.2) is 9.69 Å². The molecule has 0 radical (unpaired) electrons. The Balaban J connectivity index is 1.48. The largest absolute Gasteiger partial charge is 0.462 e. The lowest BCUT2D eigenvalue weighted by Crippen LogP contribution is -2.51. The quantitative estimate of drug-likeness (QED) is 0.299. The molecule has 2 saturated heterocycles. The molecular weight excluding hydrogens is 486 g/mol. The first kappa shape index (κ1) is 23.9. The number of esters is 1. The molecule has 0 saturated carbocycles. The van der Waals surface area contributed by atoms with Crippen molar-refractivity contribution in [3.63, 3.8) is 0 Å². The van der Waals surface area contributed by atoms with Crippen LogP contribution < -0.4 is 4.90 Å². The molecule has 2 fully saturated rings. The predicted molar refractivity (Wildman–Crippen MR) is 135 cm³/mol. The van der Waals surface area contributed by atoms with E-state index >= 15 is 0 Å². The van der Waals surface area contributed by atoms with E-state index in [1.807, 2.05) is 6.92 Å². The van der Waals surface area contributed by atoms with Gasteiger partial charge in [-0.15, -0.1) is 0 Å². The summed E-state index contributed by atoms with van der Waals surface area (Å²) in [5.41, 5.74) is 0.271. The smallest absolute Gasteiger partial charge is 0.338 e. The molecule has 0 unspecified atom stereocenters. The fourth-order valence-electron chi connectivity index (χ4n) is 5.79. The summed E-state index contributed by atoms with van der Waals surface area (Å²) in [6.45, 7) is 3.81. The maximum Gasteiger partial charge on any atom is 0.338 e. The van der Waals surface area contributed by atoms with E-state index < -0.39 is 52.9 Å². The molecule has 3 atom stereocenters. The van der Waals surface area contributed by atoms with Gasteiger partial charge in [0.1, 0.15) is 0 Å². The first-order chi connectivity index (χ1) is 18.3. The molecule has 38 heavy (non-hydrogen) atoms. The van der Waals surface area contributed by atoms with Crippen LogP contribution in [-0.2, 0) is 19.1 Å². The summed E-state index contributed by atoms with van der Waals surface area (Å²) in [4.78, 5) is 68.7. The van der Waals surface area contributed by atoms with E-state index in [2.05, 4.69) is 0 Å². The predicted octanol–water partition coefficient (Wildman–Crippen LogP) is 3.87. The van der Waals surface area contributed by atoms with Gasteiger partial charge in [-0.2, -0.15) is 0 Å². The summed E-state index contributed by atoms with van der Waals surface area (Å²) in [6.07, 6.45) is -1.06. The van der Waals surface area contributed by atoms with Crippen molar-refractivity contribution in [1.82, 2.24) is 0 Å². The third-order valence-electron chi connectivity index (χ3n) is 7.56. The second-order valence-electron chi connectivity index (χ2n) is 9.67. The number of nitrogens with zero attached hydrogens (tertiary/aromatic N) is 1. The summed E-state index contributed by atoms with van der Waals surface area (Å²) < 4.78 is 11.3. The van der Waals surface area contributed by atoms with Crippen molar-refractivity contribution in [2.45, 2.75) is 25.6 Å². The molecule has 2 aliphatic heterocycles. The molecule has 0 N–H and O–H groups in total. The van der Waals surface area contributed by atoms with E-state index in [1.165, 1.54) is 24.3 Å². The van der Waals surface area contributed by atoms with E-state index in [4.69, 9.17) is 9.47 Å². The number of aryl methyl sites for hydroxylation is 1. The Labute approximate surface area is 218 Å². The molecule has 3 aromatic rings. The minimum Gasteiger partial charge on any atom is -0.462 e. The van der Waals surface area contributed by atoms with Crippen LogP contribution in [0.25, 0.3) is 0 Å². The van der Waals surface area contributed by atoms with Crippen LogP contribution in [-0.4, -0.2) is 41.6 Å². The van der Waals surface area contributed by atoms with Crippen molar-refractivity contribution >= 4 is 35.0 Å². The second-order valence-corrected chi connectivity index (χ2v) is 9.67. The van der Waals surface area contributed by atoms with Gasteiger partial charge in [-0.3, -0.25) is 19.2 Å². The average Bonchev–Trinajstić information content (AvgIpc) is 3.49. The molecule has 3 aliphatic rings. The SMILES string of the molecule is CCOC(=O)c1ccc([C@@H]2OC3(C(=O)c4ccccc4C3=O)[C@H]3C(=O)N(c4ccc(C)cc4)C(=O)[C@H]23)cc1. The fourth-order valence-corrected chi connectivity index (χ4v) is 5.79. The number of rotatable bonds is 4. The van der Waals surface area contributed by atoms with Crippen LogP contribution in [0.1, 0.15) is 55.2 Å². The molecule has 1 aliphatic carbocycles. The number of Topliss-reactive ketones (excluding diaryl/α,β-unsaturated/α-hetero) is 2. The van der Waals surface area contributed by atoms with E-state index in [9.17, 15) is 24.0 Å². The summed E-state index contributed by atoms with van der Waals surface area (Å²) in [6, 6.07) is 19.5. The van der Waals surface area contributed by atoms with Crippen molar-refractivity contribution in [3.05, 3.63) is 101 Å². The fraction of sp³-hybridized carbons (Fsp3) is 0.233. The Morgan fingerprint density at radius 3 is 2.05 bits per heavy atom. The number of carbonyl (C=O) groups is 5. The van der Waals surface area contributed by atoms with Crippen LogP contribution in [0.15, 0.2) is 72.8 Å². The topological polar surface area (TPSA) is 107 Å². The summed E-state index contributed by atoms with van der Waals surface area (Å²) in [5.74, 6) is -5.38. The molecule has 8 nitrogen and oxygen atoms in total. The number of imide groups is 1. The molecule has 2 heterocycles. The average molecular weight is 510 g/mol. The molecular formula is C30H23NO7. The first-order valence-corrected chi connectivity index (χ1v) is 12.4. The zero-order valence-corrected chi connectivity index (χ0v) is 20.7.